The third kappa shape index (κ3) is 7.18. The van der Waals surface area contributed by atoms with Crippen LogP contribution in [0.5, 0.6) is 0 Å². The van der Waals surface area contributed by atoms with Crippen LogP contribution in [0.15, 0.2) is 53.4 Å². The van der Waals surface area contributed by atoms with E-state index in [-0.39, 0.29) is 10.8 Å². The van der Waals surface area contributed by atoms with Crippen molar-refractivity contribution in [3.8, 4) is 11.1 Å². The van der Waals surface area contributed by atoms with E-state index in [2.05, 4.69) is 23.9 Å². The van der Waals surface area contributed by atoms with E-state index in [0.717, 1.165) is 17.5 Å². The average Bonchev–Trinajstić information content (AvgIpc) is 2.71. The fourth-order valence-electron chi connectivity index (χ4n) is 2.92. The molecule has 0 aliphatic heterocycles. The lowest BCUT2D eigenvalue weighted by molar-refractivity contribution is -0.140. The monoisotopic (exact) mass is 446 g/mol. The predicted octanol–water partition coefficient (Wildman–Crippen LogP) is 4.12. The van der Waals surface area contributed by atoms with Gasteiger partial charge >= 0.3 is 5.97 Å². The molecule has 0 unspecified atom stereocenters. The predicted molar refractivity (Wildman–Crippen MR) is 121 cm³/mol. The van der Waals surface area contributed by atoms with Crippen LogP contribution in [-0.4, -0.2) is 31.4 Å². The minimum Gasteiger partial charge on any atom is -0.480 e. The van der Waals surface area contributed by atoms with Crippen molar-refractivity contribution in [3.63, 3.8) is 0 Å². The number of nitrogens with one attached hydrogen (secondary N) is 2. The molecule has 0 heterocycles. The Hall–Kier alpha value is -2.71. The molecule has 2 rings (SSSR count). The van der Waals surface area contributed by atoms with E-state index in [1.54, 1.807) is 38.1 Å². The quantitative estimate of drug-likeness (QED) is 0.508. The zero-order valence-electron chi connectivity index (χ0n) is 18.3. The maximum absolute atomic E-state index is 12.5. The molecule has 0 bridgehead atoms. The lowest BCUT2D eigenvalue weighted by Gasteiger charge is -2.18. The van der Waals surface area contributed by atoms with E-state index in [0.29, 0.717) is 18.0 Å². The summed E-state index contributed by atoms with van der Waals surface area (Å²) in [6.45, 7) is 7.43. The Labute approximate surface area is 183 Å². The summed E-state index contributed by atoms with van der Waals surface area (Å²) in [5, 5.41) is 12.1. The Morgan fingerprint density at radius 1 is 0.903 bits per heavy atom. The van der Waals surface area contributed by atoms with Gasteiger partial charge in [-0.15, -0.1) is 0 Å². The third-order valence-corrected chi connectivity index (χ3v) is 6.29. The Balaban J connectivity index is 2.09. The molecule has 0 aliphatic rings. The lowest BCUT2D eigenvalue weighted by Crippen LogP contribution is -2.44. The van der Waals surface area contributed by atoms with Crippen molar-refractivity contribution in [2.45, 2.75) is 51.5 Å². The topological polar surface area (TPSA) is 113 Å². The summed E-state index contributed by atoms with van der Waals surface area (Å²) < 4.78 is 27.3. The molecule has 0 aromatic heterocycles. The molecule has 0 saturated carbocycles. The standard InChI is InChI=1S/C23H30N2O5S/c1-15(2)5-14-21(26)24-19-10-6-17(7-11-19)18-8-12-20(13-9-18)31(29,30)25-22(16(3)4)23(27)28/h6-13,15-16,22,25H,5,14H2,1-4H3,(H,24,26)(H,27,28)/t22-/m0/s1. The number of carbonyl (C=O) groups excluding carboxylic acids is 1. The van der Waals surface area contributed by atoms with Gasteiger partial charge in [0.05, 0.1) is 4.90 Å². The van der Waals surface area contributed by atoms with Crippen molar-refractivity contribution in [2.24, 2.45) is 11.8 Å². The van der Waals surface area contributed by atoms with E-state index in [1.807, 2.05) is 12.1 Å². The molecule has 0 radical (unpaired) electrons. The maximum atomic E-state index is 12.5. The zero-order valence-corrected chi connectivity index (χ0v) is 19.1. The number of sulfonamides is 1. The number of amides is 1. The largest absolute Gasteiger partial charge is 0.480 e. The Morgan fingerprint density at radius 3 is 1.87 bits per heavy atom. The van der Waals surface area contributed by atoms with Crippen LogP contribution in [0.4, 0.5) is 5.69 Å². The van der Waals surface area contributed by atoms with Gasteiger partial charge in [0.2, 0.25) is 15.9 Å². The summed E-state index contributed by atoms with van der Waals surface area (Å²) in [4.78, 5) is 23.2. The van der Waals surface area contributed by atoms with Crippen LogP contribution >= 0.6 is 0 Å². The highest BCUT2D eigenvalue weighted by molar-refractivity contribution is 7.89. The van der Waals surface area contributed by atoms with E-state index >= 15 is 0 Å². The molecular formula is C23H30N2O5S. The fourth-order valence-corrected chi connectivity index (χ4v) is 4.26. The van der Waals surface area contributed by atoms with Gasteiger partial charge in [-0.3, -0.25) is 9.59 Å². The van der Waals surface area contributed by atoms with Gasteiger partial charge in [-0.1, -0.05) is 52.0 Å². The van der Waals surface area contributed by atoms with Crippen molar-refractivity contribution < 1.29 is 23.1 Å². The van der Waals surface area contributed by atoms with Gasteiger partial charge in [-0.25, -0.2) is 8.42 Å². The van der Waals surface area contributed by atoms with Crippen molar-refractivity contribution in [1.29, 1.82) is 0 Å². The fraction of sp³-hybridized carbons (Fsp3) is 0.391. The lowest BCUT2D eigenvalue weighted by atomic mass is 10.1. The summed E-state index contributed by atoms with van der Waals surface area (Å²) in [6.07, 6.45) is 1.31. The number of carbonyl (C=O) groups is 2. The third-order valence-electron chi connectivity index (χ3n) is 4.83. The maximum Gasteiger partial charge on any atom is 0.322 e. The minimum absolute atomic E-state index is 0.00261. The van der Waals surface area contributed by atoms with Gasteiger partial charge in [-0.2, -0.15) is 4.72 Å². The summed E-state index contributed by atoms with van der Waals surface area (Å²) >= 11 is 0. The summed E-state index contributed by atoms with van der Waals surface area (Å²) in [7, 11) is -3.96. The summed E-state index contributed by atoms with van der Waals surface area (Å²) in [5.41, 5.74) is 2.37. The van der Waals surface area contributed by atoms with Crippen LogP contribution < -0.4 is 10.0 Å². The van der Waals surface area contributed by atoms with Crippen LogP contribution in [0.25, 0.3) is 11.1 Å². The molecule has 0 saturated heterocycles. The number of rotatable bonds is 10. The second kappa shape index (κ2) is 10.5. The molecule has 168 valence electrons. The summed E-state index contributed by atoms with van der Waals surface area (Å²) in [5.74, 6) is -1.16. The van der Waals surface area contributed by atoms with Crippen LogP contribution in [-0.2, 0) is 19.6 Å². The van der Waals surface area contributed by atoms with E-state index < -0.39 is 28.0 Å². The number of aliphatic carboxylic acids is 1. The Bertz CT molecular complexity index is 997. The van der Waals surface area contributed by atoms with Gasteiger partial charge in [0.25, 0.3) is 0 Å². The number of benzene rings is 2. The number of carboxylic acid groups (broad SMARTS) is 1. The number of hydrogen-bond acceptors (Lipinski definition) is 4. The average molecular weight is 447 g/mol. The molecule has 1 amide bonds. The zero-order chi connectivity index (χ0) is 23.2. The second-order valence-electron chi connectivity index (χ2n) is 8.26. The van der Waals surface area contributed by atoms with Crippen molar-refractivity contribution in [3.05, 3.63) is 48.5 Å². The molecule has 31 heavy (non-hydrogen) atoms. The van der Waals surface area contributed by atoms with Gasteiger partial charge < -0.3 is 10.4 Å². The first kappa shape index (κ1) is 24.6. The van der Waals surface area contributed by atoms with Gasteiger partial charge in [0.15, 0.2) is 0 Å². The first-order valence-corrected chi connectivity index (χ1v) is 11.7. The highest BCUT2D eigenvalue weighted by Crippen LogP contribution is 2.23. The van der Waals surface area contributed by atoms with Gasteiger partial charge in [0, 0.05) is 12.1 Å². The molecule has 0 spiro atoms. The van der Waals surface area contributed by atoms with Crippen molar-refractivity contribution in [1.82, 2.24) is 4.72 Å². The highest BCUT2D eigenvalue weighted by atomic mass is 32.2. The highest BCUT2D eigenvalue weighted by Gasteiger charge is 2.27. The van der Waals surface area contributed by atoms with Gasteiger partial charge in [-0.05, 0) is 53.6 Å². The molecule has 0 fully saturated rings. The molecule has 2 aromatic rings. The smallest absolute Gasteiger partial charge is 0.322 e. The first-order chi connectivity index (χ1) is 14.5. The molecule has 3 N–H and O–H groups in total. The normalized spacial score (nSPS) is 12.7. The van der Waals surface area contributed by atoms with Crippen LogP contribution in [0, 0.1) is 11.8 Å². The van der Waals surface area contributed by atoms with Crippen molar-refractivity contribution in [2.75, 3.05) is 5.32 Å². The Kier molecular flexibility index (Phi) is 8.36. The van der Waals surface area contributed by atoms with Crippen LogP contribution in [0.1, 0.15) is 40.5 Å². The number of carboxylic acids is 1. The van der Waals surface area contributed by atoms with E-state index in [4.69, 9.17) is 0 Å². The van der Waals surface area contributed by atoms with E-state index in [9.17, 15) is 23.1 Å². The molecule has 2 aromatic carbocycles. The molecule has 1 atom stereocenters. The SMILES string of the molecule is CC(C)CCC(=O)Nc1ccc(-c2ccc(S(=O)(=O)N[C@H](C(=O)O)C(C)C)cc2)cc1. The van der Waals surface area contributed by atoms with Crippen LogP contribution in [0.2, 0.25) is 0 Å². The number of anilines is 1. The molecule has 7 nitrogen and oxygen atoms in total. The first-order valence-electron chi connectivity index (χ1n) is 10.2. The van der Waals surface area contributed by atoms with Crippen LogP contribution in [0.3, 0.4) is 0 Å². The summed E-state index contributed by atoms with van der Waals surface area (Å²) in [6, 6.07) is 12.3. The molecule has 8 heteroatoms. The second-order valence-corrected chi connectivity index (χ2v) is 9.98. The minimum atomic E-state index is -3.96. The number of hydrogen-bond donors (Lipinski definition) is 3. The Morgan fingerprint density at radius 2 is 1.42 bits per heavy atom. The van der Waals surface area contributed by atoms with E-state index in [1.165, 1.54) is 12.1 Å². The molecular weight excluding hydrogens is 416 g/mol. The van der Waals surface area contributed by atoms with Crippen molar-refractivity contribution >= 4 is 27.6 Å². The molecule has 0 aliphatic carbocycles. The van der Waals surface area contributed by atoms with Gasteiger partial charge in [0.1, 0.15) is 6.04 Å².